The largest absolute Gasteiger partial charge is 0.342 e. The Hall–Kier alpha value is -0.770. The Morgan fingerprint density at radius 3 is 3.00 bits per heavy atom. The molecule has 1 aliphatic rings. The van der Waals surface area contributed by atoms with E-state index in [-0.39, 0.29) is 5.91 Å². The number of halogens is 2. The maximum atomic E-state index is 12.3. The quantitative estimate of drug-likeness (QED) is 0.898. The third kappa shape index (κ3) is 4.60. The molecular formula is C16H22Cl2N2O. The Balaban J connectivity index is 1.88. The second kappa shape index (κ2) is 8.02. The molecule has 1 heterocycles. The standard InChI is InChI=1S/C16H22Cl2N2O/c1-19-10-12-4-3-9-20(11-12)15(21)8-7-13-5-2-6-14(17)16(13)18/h2,5-6,12,19H,3-4,7-11H2,1H3. The van der Waals surface area contributed by atoms with Crippen LogP contribution in [0.5, 0.6) is 0 Å². The van der Waals surface area contributed by atoms with Crippen LogP contribution in [0.1, 0.15) is 24.8 Å². The van der Waals surface area contributed by atoms with Gasteiger partial charge >= 0.3 is 0 Å². The van der Waals surface area contributed by atoms with E-state index in [1.807, 2.05) is 24.1 Å². The summed E-state index contributed by atoms with van der Waals surface area (Å²) in [5.41, 5.74) is 0.946. The average Bonchev–Trinajstić information content (AvgIpc) is 2.49. The molecule has 0 spiro atoms. The van der Waals surface area contributed by atoms with Crippen molar-refractivity contribution in [2.24, 2.45) is 5.92 Å². The molecule has 21 heavy (non-hydrogen) atoms. The summed E-state index contributed by atoms with van der Waals surface area (Å²) in [6, 6.07) is 5.57. The first-order valence-corrected chi connectivity index (χ1v) is 8.22. The number of nitrogens with one attached hydrogen (secondary N) is 1. The minimum absolute atomic E-state index is 0.215. The van der Waals surface area contributed by atoms with Crippen molar-refractivity contribution in [2.75, 3.05) is 26.7 Å². The summed E-state index contributed by atoms with van der Waals surface area (Å²) in [6.45, 7) is 2.72. The fourth-order valence-corrected chi connectivity index (χ4v) is 3.30. The van der Waals surface area contributed by atoms with Crippen molar-refractivity contribution in [3.8, 4) is 0 Å². The number of piperidine rings is 1. The van der Waals surface area contributed by atoms with Crippen LogP contribution in [0.25, 0.3) is 0 Å². The summed E-state index contributed by atoms with van der Waals surface area (Å²) < 4.78 is 0. The van der Waals surface area contributed by atoms with Gasteiger partial charge in [-0.1, -0.05) is 35.3 Å². The summed E-state index contributed by atoms with van der Waals surface area (Å²) in [5, 5.41) is 4.32. The molecule has 1 amide bonds. The molecule has 3 nitrogen and oxygen atoms in total. The van der Waals surface area contributed by atoms with Crippen LogP contribution in [0.4, 0.5) is 0 Å². The lowest BCUT2D eigenvalue weighted by molar-refractivity contribution is -0.132. The number of benzene rings is 1. The van der Waals surface area contributed by atoms with Gasteiger partial charge in [-0.2, -0.15) is 0 Å². The van der Waals surface area contributed by atoms with Gasteiger partial charge in [0.05, 0.1) is 10.0 Å². The molecule has 0 radical (unpaired) electrons. The number of likely N-dealkylation sites (tertiary alicyclic amines) is 1. The second-order valence-corrected chi connectivity index (χ2v) is 6.40. The maximum Gasteiger partial charge on any atom is 0.222 e. The second-order valence-electron chi connectivity index (χ2n) is 5.62. The van der Waals surface area contributed by atoms with Gasteiger partial charge < -0.3 is 10.2 Å². The first kappa shape index (κ1) is 16.6. The molecular weight excluding hydrogens is 307 g/mol. The van der Waals surface area contributed by atoms with Crippen molar-refractivity contribution in [1.82, 2.24) is 10.2 Å². The lowest BCUT2D eigenvalue weighted by Crippen LogP contribution is -2.42. The molecule has 5 heteroatoms. The molecule has 1 atom stereocenters. The van der Waals surface area contributed by atoms with E-state index in [9.17, 15) is 4.79 Å². The maximum absolute atomic E-state index is 12.3. The fourth-order valence-electron chi connectivity index (χ4n) is 2.89. The first-order chi connectivity index (χ1) is 10.1. The van der Waals surface area contributed by atoms with Crippen LogP contribution in [-0.4, -0.2) is 37.5 Å². The monoisotopic (exact) mass is 328 g/mol. The third-order valence-corrected chi connectivity index (χ3v) is 4.86. The Labute approximate surface area is 136 Å². The molecule has 1 unspecified atom stereocenters. The van der Waals surface area contributed by atoms with Gasteiger partial charge in [-0.15, -0.1) is 0 Å². The Morgan fingerprint density at radius 2 is 2.24 bits per heavy atom. The predicted molar refractivity (Wildman–Crippen MR) is 88.0 cm³/mol. The van der Waals surface area contributed by atoms with Gasteiger partial charge in [0.25, 0.3) is 0 Å². The molecule has 116 valence electrons. The molecule has 1 aliphatic heterocycles. The highest BCUT2D eigenvalue weighted by Crippen LogP contribution is 2.26. The van der Waals surface area contributed by atoms with Gasteiger partial charge in [0.15, 0.2) is 0 Å². The zero-order valence-corrected chi connectivity index (χ0v) is 13.9. The third-order valence-electron chi connectivity index (χ3n) is 4.00. The summed E-state index contributed by atoms with van der Waals surface area (Å²) in [6.07, 6.45) is 3.43. The van der Waals surface area contributed by atoms with E-state index in [0.717, 1.165) is 31.6 Å². The molecule has 1 aromatic carbocycles. The van der Waals surface area contributed by atoms with Gasteiger partial charge in [0, 0.05) is 19.5 Å². The van der Waals surface area contributed by atoms with Crippen molar-refractivity contribution in [3.63, 3.8) is 0 Å². The van der Waals surface area contributed by atoms with E-state index in [0.29, 0.717) is 28.8 Å². The van der Waals surface area contributed by atoms with E-state index in [1.54, 1.807) is 6.07 Å². The summed E-state index contributed by atoms with van der Waals surface area (Å²) in [5.74, 6) is 0.786. The number of carbonyl (C=O) groups is 1. The number of rotatable bonds is 5. The van der Waals surface area contributed by atoms with E-state index < -0.39 is 0 Å². The van der Waals surface area contributed by atoms with Crippen molar-refractivity contribution in [2.45, 2.75) is 25.7 Å². The normalized spacial score (nSPS) is 18.8. The van der Waals surface area contributed by atoms with Crippen LogP contribution >= 0.6 is 23.2 Å². The van der Waals surface area contributed by atoms with Crippen molar-refractivity contribution in [3.05, 3.63) is 33.8 Å². The van der Waals surface area contributed by atoms with Gasteiger partial charge in [0.1, 0.15) is 0 Å². The minimum atomic E-state index is 0.215. The van der Waals surface area contributed by atoms with Gasteiger partial charge in [-0.05, 0) is 50.4 Å². The minimum Gasteiger partial charge on any atom is -0.342 e. The summed E-state index contributed by atoms with van der Waals surface area (Å²) >= 11 is 12.2. The summed E-state index contributed by atoms with van der Waals surface area (Å²) in [4.78, 5) is 14.3. The SMILES string of the molecule is CNCC1CCCN(C(=O)CCc2cccc(Cl)c2Cl)C1. The van der Waals surface area contributed by atoms with Crippen LogP contribution in [0.2, 0.25) is 10.0 Å². The van der Waals surface area contributed by atoms with Crippen LogP contribution in [0.3, 0.4) is 0 Å². The number of aryl methyl sites for hydroxylation is 1. The number of hydrogen-bond acceptors (Lipinski definition) is 2. The zero-order valence-electron chi connectivity index (χ0n) is 12.4. The van der Waals surface area contributed by atoms with Crippen molar-refractivity contribution < 1.29 is 4.79 Å². The van der Waals surface area contributed by atoms with Crippen molar-refractivity contribution >= 4 is 29.1 Å². The van der Waals surface area contributed by atoms with E-state index >= 15 is 0 Å². The van der Waals surface area contributed by atoms with Crippen LogP contribution in [0, 0.1) is 5.92 Å². The van der Waals surface area contributed by atoms with Crippen LogP contribution < -0.4 is 5.32 Å². The molecule has 0 bridgehead atoms. The predicted octanol–water partition coefficient (Wildman–Crippen LogP) is 3.38. The number of carbonyl (C=O) groups excluding carboxylic acids is 1. The topological polar surface area (TPSA) is 32.3 Å². The highest BCUT2D eigenvalue weighted by Gasteiger charge is 2.23. The first-order valence-electron chi connectivity index (χ1n) is 7.47. The van der Waals surface area contributed by atoms with E-state index in [1.165, 1.54) is 6.42 Å². The highest BCUT2D eigenvalue weighted by atomic mass is 35.5. The lowest BCUT2D eigenvalue weighted by Gasteiger charge is -2.32. The fraction of sp³-hybridized carbons (Fsp3) is 0.562. The lowest BCUT2D eigenvalue weighted by atomic mass is 9.97. The average molecular weight is 329 g/mol. The Morgan fingerprint density at radius 1 is 1.43 bits per heavy atom. The van der Waals surface area contributed by atoms with Gasteiger partial charge in [-0.25, -0.2) is 0 Å². The zero-order chi connectivity index (χ0) is 15.2. The molecule has 1 fully saturated rings. The molecule has 1 saturated heterocycles. The number of hydrogen-bond donors (Lipinski definition) is 1. The van der Waals surface area contributed by atoms with E-state index in [2.05, 4.69) is 5.32 Å². The molecule has 1 aromatic rings. The van der Waals surface area contributed by atoms with Crippen LogP contribution in [-0.2, 0) is 11.2 Å². The van der Waals surface area contributed by atoms with Crippen molar-refractivity contribution in [1.29, 1.82) is 0 Å². The Kier molecular flexibility index (Phi) is 6.34. The van der Waals surface area contributed by atoms with Gasteiger partial charge in [0.2, 0.25) is 5.91 Å². The molecule has 2 rings (SSSR count). The Bertz CT molecular complexity index is 491. The highest BCUT2D eigenvalue weighted by molar-refractivity contribution is 6.42. The number of nitrogens with zero attached hydrogens (tertiary/aromatic N) is 1. The molecule has 0 aliphatic carbocycles. The van der Waals surface area contributed by atoms with E-state index in [4.69, 9.17) is 23.2 Å². The molecule has 0 saturated carbocycles. The molecule has 1 N–H and O–H groups in total. The molecule has 0 aromatic heterocycles. The summed E-state index contributed by atoms with van der Waals surface area (Å²) in [7, 11) is 1.96. The number of amides is 1. The van der Waals surface area contributed by atoms with Crippen LogP contribution in [0.15, 0.2) is 18.2 Å². The van der Waals surface area contributed by atoms with Gasteiger partial charge in [-0.3, -0.25) is 4.79 Å². The smallest absolute Gasteiger partial charge is 0.222 e.